The van der Waals surface area contributed by atoms with Crippen molar-refractivity contribution in [2.45, 2.75) is 64.9 Å². The minimum atomic E-state index is -0.614. The van der Waals surface area contributed by atoms with Crippen molar-refractivity contribution in [3.8, 4) is 0 Å². The topological polar surface area (TPSA) is 46.5 Å². The van der Waals surface area contributed by atoms with Crippen molar-refractivity contribution < 1.29 is 14.6 Å². The van der Waals surface area contributed by atoms with Crippen LogP contribution in [0.5, 0.6) is 0 Å². The predicted octanol–water partition coefficient (Wildman–Crippen LogP) is 2.91. The number of aliphatic hydroxyl groups is 1. The van der Waals surface area contributed by atoms with Crippen LogP contribution < -0.4 is 0 Å². The summed E-state index contributed by atoms with van der Waals surface area (Å²) in [6.07, 6.45) is 5.58. The second-order valence-corrected chi connectivity index (χ2v) is 5.72. The smallest absolute Gasteiger partial charge is 0.308 e. The molecule has 100 valence electrons. The fourth-order valence-corrected chi connectivity index (χ4v) is 2.47. The van der Waals surface area contributed by atoms with E-state index in [-0.39, 0.29) is 11.9 Å². The number of rotatable bonds is 5. The Bertz CT molecular complexity index is 234. The van der Waals surface area contributed by atoms with Gasteiger partial charge < -0.3 is 9.84 Å². The highest BCUT2D eigenvalue weighted by Gasteiger charge is 2.34. The molecule has 3 nitrogen and oxygen atoms in total. The van der Waals surface area contributed by atoms with Crippen LogP contribution in [-0.4, -0.2) is 23.3 Å². The molecule has 0 aromatic heterocycles. The first-order valence-electron chi connectivity index (χ1n) is 6.84. The second-order valence-electron chi connectivity index (χ2n) is 5.72. The van der Waals surface area contributed by atoms with Crippen molar-refractivity contribution in [2.24, 2.45) is 11.8 Å². The van der Waals surface area contributed by atoms with Crippen molar-refractivity contribution in [3.63, 3.8) is 0 Å². The Kier molecular flexibility index (Phi) is 5.44. The molecule has 0 aromatic carbocycles. The first kappa shape index (κ1) is 14.5. The Morgan fingerprint density at radius 1 is 1.29 bits per heavy atom. The highest BCUT2D eigenvalue weighted by molar-refractivity contribution is 5.72. The number of carbonyl (C=O) groups is 1. The van der Waals surface area contributed by atoms with Gasteiger partial charge in [-0.1, -0.05) is 13.3 Å². The number of hydrogen-bond donors (Lipinski definition) is 1. The van der Waals surface area contributed by atoms with Crippen LogP contribution in [0.4, 0.5) is 0 Å². The largest absolute Gasteiger partial charge is 0.465 e. The number of ether oxygens (including phenoxy) is 1. The minimum absolute atomic E-state index is 0.0346. The van der Waals surface area contributed by atoms with E-state index in [2.05, 4.69) is 6.92 Å². The molecule has 0 bridgehead atoms. The molecule has 0 amide bonds. The SMILES string of the molecule is CCCCOC(=O)[C@H]1CC[C@H](C(C)(C)O)CC1. The summed E-state index contributed by atoms with van der Waals surface area (Å²) in [5.41, 5.74) is -0.614. The summed E-state index contributed by atoms with van der Waals surface area (Å²) in [5, 5.41) is 9.92. The fraction of sp³-hybridized carbons (Fsp3) is 0.929. The molecule has 1 aliphatic carbocycles. The first-order chi connectivity index (χ1) is 7.95. The Morgan fingerprint density at radius 3 is 2.35 bits per heavy atom. The Labute approximate surface area is 105 Å². The lowest BCUT2D eigenvalue weighted by Crippen LogP contribution is -2.35. The molecule has 1 N–H and O–H groups in total. The summed E-state index contributed by atoms with van der Waals surface area (Å²) in [4.78, 5) is 11.7. The highest BCUT2D eigenvalue weighted by Crippen LogP contribution is 2.35. The van der Waals surface area contributed by atoms with E-state index in [4.69, 9.17) is 4.74 Å². The lowest BCUT2D eigenvalue weighted by molar-refractivity contribution is -0.150. The summed E-state index contributed by atoms with van der Waals surface area (Å²) in [7, 11) is 0. The van der Waals surface area contributed by atoms with Gasteiger partial charge in [0, 0.05) is 0 Å². The molecule has 0 aliphatic heterocycles. The van der Waals surface area contributed by atoms with Crippen molar-refractivity contribution in [2.75, 3.05) is 6.61 Å². The standard InChI is InChI=1S/C14H26O3/c1-4-5-10-17-13(15)11-6-8-12(9-7-11)14(2,3)16/h11-12,16H,4-10H2,1-3H3/t11-,12-. The predicted molar refractivity (Wildman–Crippen MR) is 67.6 cm³/mol. The molecule has 0 atom stereocenters. The maximum atomic E-state index is 11.7. The molecular weight excluding hydrogens is 216 g/mol. The zero-order chi connectivity index (χ0) is 12.9. The molecule has 0 heterocycles. The molecule has 0 radical (unpaired) electrons. The third kappa shape index (κ3) is 4.66. The van der Waals surface area contributed by atoms with Gasteiger partial charge >= 0.3 is 5.97 Å². The third-order valence-corrected chi connectivity index (χ3v) is 3.80. The number of esters is 1. The molecular formula is C14H26O3. The normalized spacial score (nSPS) is 25.6. The van der Waals surface area contributed by atoms with E-state index in [9.17, 15) is 9.90 Å². The van der Waals surface area contributed by atoms with Crippen LogP contribution in [0.3, 0.4) is 0 Å². The van der Waals surface area contributed by atoms with Gasteiger partial charge in [0.2, 0.25) is 0 Å². The van der Waals surface area contributed by atoms with E-state index < -0.39 is 5.60 Å². The summed E-state index contributed by atoms with van der Waals surface area (Å²) in [6.45, 7) is 6.36. The molecule has 0 aromatic rings. The lowest BCUT2D eigenvalue weighted by atomic mass is 9.75. The quantitative estimate of drug-likeness (QED) is 0.595. The van der Waals surface area contributed by atoms with Gasteiger partial charge in [-0.2, -0.15) is 0 Å². The van der Waals surface area contributed by atoms with E-state index in [1.165, 1.54) is 0 Å². The van der Waals surface area contributed by atoms with Gasteiger partial charge in [0.1, 0.15) is 0 Å². The maximum absolute atomic E-state index is 11.7. The van der Waals surface area contributed by atoms with Crippen LogP contribution in [0, 0.1) is 11.8 Å². The van der Waals surface area contributed by atoms with E-state index in [0.29, 0.717) is 12.5 Å². The number of hydrogen-bond acceptors (Lipinski definition) is 3. The Hall–Kier alpha value is -0.570. The number of carbonyl (C=O) groups excluding carboxylic acids is 1. The third-order valence-electron chi connectivity index (χ3n) is 3.80. The van der Waals surface area contributed by atoms with Crippen LogP contribution in [0.15, 0.2) is 0 Å². The van der Waals surface area contributed by atoms with Gasteiger partial charge in [0.25, 0.3) is 0 Å². The van der Waals surface area contributed by atoms with Crippen molar-refractivity contribution in [3.05, 3.63) is 0 Å². The van der Waals surface area contributed by atoms with Gasteiger partial charge in [0.05, 0.1) is 18.1 Å². The van der Waals surface area contributed by atoms with Crippen molar-refractivity contribution in [1.29, 1.82) is 0 Å². The summed E-state index contributed by atoms with van der Waals surface area (Å²) in [5.74, 6) is 0.347. The highest BCUT2D eigenvalue weighted by atomic mass is 16.5. The zero-order valence-corrected chi connectivity index (χ0v) is 11.4. The Balaban J connectivity index is 2.29. The van der Waals surface area contributed by atoms with Crippen LogP contribution in [0.2, 0.25) is 0 Å². The van der Waals surface area contributed by atoms with E-state index in [0.717, 1.165) is 38.5 Å². The summed E-state index contributed by atoms with van der Waals surface area (Å²) in [6, 6.07) is 0. The molecule has 0 unspecified atom stereocenters. The summed E-state index contributed by atoms with van der Waals surface area (Å²) >= 11 is 0. The van der Waals surface area contributed by atoms with Gasteiger partial charge in [-0.25, -0.2) is 0 Å². The molecule has 1 rings (SSSR count). The number of unbranched alkanes of at least 4 members (excludes halogenated alkanes) is 1. The van der Waals surface area contributed by atoms with Gasteiger partial charge in [0.15, 0.2) is 0 Å². The zero-order valence-electron chi connectivity index (χ0n) is 11.4. The lowest BCUT2D eigenvalue weighted by Gasteiger charge is -2.35. The van der Waals surface area contributed by atoms with E-state index >= 15 is 0 Å². The molecule has 1 saturated carbocycles. The van der Waals surface area contributed by atoms with E-state index in [1.54, 1.807) is 0 Å². The van der Waals surface area contributed by atoms with Crippen LogP contribution in [0.25, 0.3) is 0 Å². The molecule has 17 heavy (non-hydrogen) atoms. The Morgan fingerprint density at radius 2 is 1.88 bits per heavy atom. The molecule has 1 aliphatic rings. The molecule has 0 spiro atoms. The van der Waals surface area contributed by atoms with Crippen LogP contribution in [0.1, 0.15) is 59.3 Å². The molecule has 3 heteroatoms. The average molecular weight is 242 g/mol. The van der Waals surface area contributed by atoms with Gasteiger partial charge in [-0.05, 0) is 51.9 Å². The van der Waals surface area contributed by atoms with Crippen molar-refractivity contribution in [1.82, 2.24) is 0 Å². The van der Waals surface area contributed by atoms with Crippen LogP contribution in [-0.2, 0) is 9.53 Å². The van der Waals surface area contributed by atoms with Crippen LogP contribution >= 0.6 is 0 Å². The second kappa shape index (κ2) is 6.39. The monoisotopic (exact) mass is 242 g/mol. The first-order valence-corrected chi connectivity index (χ1v) is 6.84. The van der Waals surface area contributed by atoms with E-state index in [1.807, 2.05) is 13.8 Å². The van der Waals surface area contributed by atoms with Crippen molar-refractivity contribution >= 4 is 5.97 Å². The van der Waals surface area contributed by atoms with Gasteiger partial charge in [-0.15, -0.1) is 0 Å². The molecule has 0 saturated heterocycles. The fourth-order valence-electron chi connectivity index (χ4n) is 2.47. The maximum Gasteiger partial charge on any atom is 0.308 e. The summed E-state index contributed by atoms with van der Waals surface area (Å²) < 4.78 is 5.24. The van der Waals surface area contributed by atoms with Gasteiger partial charge in [-0.3, -0.25) is 4.79 Å². The average Bonchev–Trinajstić information content (AvgIpc) is 2.28. The minimum Gasteiger partial charge on any atom is -0.465 e. The molecule has 1 fully saturated rings.